The molecule has 5 heteroatoms. The molecule has 1 rings (SSSR count). The second kappa shape index (κ2) is 5.21. The van der Waals surface area contributed by atoms with E-state index < -0.39 is 10.7 Å². The number of aromatic nitrogens is 1. The maximum atomic E-state index is 10.9. The molecule has 16 heavy (non-hydrogen) atoms. The summed E-state index contributed by atoms with van der Waals surface area (Å²) in [7, 11) is 1.55. The van der Waals surface area contributed by atoms with Crippen LogP contribution in [0.15, 0.2) is 18.3 Å². The maximum absolute atomic E-state index is 10.9. The summed E-state index contributed by atoms with van der Waals surface area (Å²) in [5.41, 5.74) is 0.907. The van der Waals surface area contributed by atoms with Gasteiger partial charge in [-0.2, -0.15) is 0 Å². The van der Waals surface area contributed by atoms with Gasteiger partial charge in [0.05, 0.1) is 7.11 Å². The number of methoxy groups -OCH3 is 1. The molecular formula is C11H15NO3S. The first-order chi connectivity index (χ1) is 7.47. The van der Waals surface area contributed by atoms with Crippen molar-refractivity contribution in [3.63, 3.8) is 0 Å². The number of rotatable bonds is 5. The quantitative estimate of drug-likeness (QED) is 0.856. The Kier molecular flexibility index (Phi) is 4.18. The fourth-order valence-corrected chi connectivity index (χ4v) is 1.90. The Hall–Kier alpha value is -1.23. The molecule has 0 aromatic carbocycles. The van der Waals surface area contributed by atoms with Crippen molar-refractivity contribution in [3.8, 4) is 5.88 Å². The Morgan fingerprint density at radius 2 is 2.31 bits per heavy atom. The van der Waals surface area contributed by atoms with Gasteiger partial charge in [0, 0.05) is 17.5 Å². The summed E-state index contributed by atoms with van der Waals surface area (Å²) in [4.78, 5) is 15.0. The van der Waals surface area contributed by atoms with E-state index in [2.05, 4.69) is 4.98 Å². The van der Waals surface area contributed by atoms with Gasteiger partial charge >= 0.3 is 5.97 Å². The first kappa shape index (κ1) is 12.8. The Morgan fingerprint density at radius 3 is 2.88 bits per heavy atom. The number of carboxylic acid groups (broad SMARTS) is 1. The number of aliphatic carboxylic acids is 1. The van der Waals surface area contributed by atoms with E-state index in [0.29, 0.717) is 11.6 Å². The van der Waals surface area contributed by atoms with Crippen molar-refractivity contribution in [2.45, 2.75) is 24.3 Å². The smallest absolute Gasteiger partial charge is 0.319 e. The summed E-state index contributed by atoms with van der Waals surface area (Å²) in [6.07, 6.45) is 1.65. The van der Waals surface area contributed by atoms with Crippen LogP contribution in [0.25, 0.3) is 0 Å². The zero-order chi connectivity index (χ0) is 12.2. The monoisotopic (exact) mass is 241 g/mol. The summed E-state index contributed by atoms with van der Waals surface area (Å²) < 4.78 is 4.29. The number of carboxylic acids is 1. The molecule has 4 nitrogen and oxygen atoms in total. The highest BCUT2D eigenvalue weighted by Crippen LogP contribution is 2.30. The topological polar surface area (TPSA) is 59.4 Å². The number of nitrogens with zero attached hydrogens (tertiary/aromatic N) is 1. The van der Waals surface area contributed by atoms with E-state index in [9.17, 15) is 4.79 Å². The lowest BCUT2D eigenvalue weighted by Crippen LogP contribution is -2.27. The molecule has 0 aliphatic rings. The van der Waals surface area contributed by atoms with Crippen molar-refractivity contribution >= 4 is 17.7 Å². The van der Waals surface area contributed by atoms with Crippen molar-refractivity contribution in [2.75, 3.05) is 7.11 Å². The van der Waals surface area contributed by atoms with E-state index >= 15 is 0 Å². The SMILES string of the molecule is COc1ncccc1CSC(C)(C)C(=O)O. The summed E-state index contributed by atoms with van der Waals surface area (Å²) in [5.74, 6) is 0.299. The van der Waals surface area contributed by atoms with Crippen LogP contribution in [0.3, 0.4) is 0 Å². The van der Waals surface area contributed by atoms with Crippen LogP contribution in [0, 0.1) is 0 Å². The molecule has 0 fully saturated rings. The summed E-state index contributed by atoms with van der Waals surface area (Å²) in [6, 6.07) is 3.70. The van der Waals surface area contributed by atoms with Gasteiger partial charge in [-0.15, -0.1) is 11.8 Å². The molecule has 88 valence electrons. The second-order valence-electron chi connectivity index (χ2n) is 3.78. The highest BCUT2D eigenvalue weighted by atomic mass is 32.2. The van der Waals surface area contributed by atoms with Crippen LogP contribution in [-0.2, 0) is 10.5 Å². The van der Waals surface area contributed by atoms with E-state index in [1.165, 1.54) is 11.8 Å². The van der Waals surface area contributed by atoms with Crippen LogP contribution in [-0.4, -0.2) is 27.9 Å². The molecule has 0 bridgehead atoms. The molecule has 0 unspecified atom stereocenters. The molecule has 0 atom stereocenters. The van der Waals surface area contributed by atoms with E-state index in [-0.39, 0.29) is 0 Å². The van der Waals surface area contributed by atoms with Crippen molar-refractivity contribution in [1.82, 2.24) is 4.98 Å². The Morgan fingerprint density at radius 1 is 1.62 bits per heavy atom. The molecule has 0 aliphatic carbocycles. The zero-order valence-electron chi connectivity index (χ0n) is 9.56. The number of hydrogen-bond acceptors (Lipinski definition) is 4. The van der Waals surface area contributed by atoms with Crippen LogP contribution >= 0.6 is 11.8 Å². The van der Waals surface area contributed by atoms with Crippen LogP contribution in [0.4, 0.5) is 0 Å². The minimum atomic E-state index is -0.819. The van der Waals surface area contributed by atoms with Gasteiger partial charge in [0.1, 0.15) is 4.75 Å². The largest absolute Gasteiger partial charge is 0.481 e. The molecule has 1 heterocycles. The van der Waals surface area contributed by atoms with Gasteiger partial charge in [-0.05, 0) is 19.9 Å². The molecule has 0 saturated heterocycles. The van der Waals surface area contributed by atoms with Crippen molar-refractivity contribution in [3.05, 3.63) is 23.9 Å². The van der Waals surface area contributed by atoms with Gasteiger partial charge in [-0.1, -0.05) is 6.07 Å². The number of hydrogen-bond donors (Lipinski definition) is 1. The average molecular weight is 241 g/mol. The fraction of sp³-hybridized carbons (Fsp3) is 0.455. The average Bonchev–Trinajstić information content (AvgIpc) is 2.26. The molecule has 1 aromatic rings. The van der Waals surface area contributed by atoms with Gasteiger partial charge in [0.25, 0.3) is 0 Å². The van der Waals surface area contributed by atoms with E-state index in [4.69, 9.17) is 9.84 Å². The van der Waals surface area contributed by atoms with Gasteiger partial charge in [-0.3, -0.25) is 4.79 Å². The third-order valence-corrected chi connectivity index (χ3v) is 3.50. The van der Waals surface area contributed by atoms with Crippen LogP contribution in [0.5, 0.6) is 5.88 Å². The molecule has 0 amide bonds. The Bertz CT molecular complexity index is 379. The van der Waals surface area contributed by atoms with Gasteiger partial charge in [0.2, 0.25) is 5.88 Å². The third-order valence-electron chi connectivity index (χ3n) is 2.15. The lowest BCUT2D eigenvalue weighted by atomic mass is 10.2. The summed E-state index contributed by atoms with van der Waals surface area (Å²) in [6.45, 7) is 3.37. The van der Waals surface area contributed by atoms with Gasteiger partial charge in [-0.25, -0.2) is 4.98 Å². The second-order valence-corrected chi connectivity index (χ2v) is 5.37. The maximum Gasteiger partial charge on any atom is 0.319 e. The highest BCUT2D eigenvalue weighted by Gasteiger charge is 2.27. The lowest BCUT2D eigenvalue weighted by Gasteiger charge is -2.18. The molecule has 0 aliphatic heterocycles. The molecule has 1 aromatic heterocycles. The predicted molar refractivity (Wildman–Crippen MR) is 63.8 cm³/mol. The zero-order valence-corrected chi connectivity index (χ0v) is 10.4. The first-order valence-electron chi connectivity index (χ1n) is 4.82. The van der Waals surface area contributed by atoms with Gasteiger partial charge < -0.3 is 9.84 Å². The van der Waals surface area contributed by atoms with E-state index in [1.54, 1.807) is 27.2 Å². The van der Waals surface area contributed by atoms with Crippen LogP contribution < -0.4 is 4.74 Å². The minimum absolute atomic E-state index is 0.552. The van der Waals surface area contributed by atoms with E-state index in [0.717, 1.165) is 5.56 Å². The third kappa shape index (κ3) is 3.13. The summed E-state index contributed by atoms with van der Waals surface area (Å²) >= 11 is 1.35. The number of carbonyl (C=O) groups is 1. The standard InChI is InChI=1S/C11H15NO3S/c1-11(2,10(13)14)16-7-8-5-4-6-12-9(8)15-3/h4-6H,7H2,1-3H3,(H,13,14). The Labute approximate surface area is 99.0 Å². The molecular weight excluding hydrogens is 226 g/mol. The summed E-state index contributed by atoms with van der Waals surface area (Å²) in [5, 5.41) is 8.98. The minimum Gasteiger partial charge on any atom is -0.481 e. The molecule has 0 saturated carbocycles. The van der Waals surface area contributed by atoms with E-state index in [1.807, 2.05) is 12.1 Å². The number of ether oxygens (including phenoxy) is 1. The van der Waals surface area contributed by atoms with Crippen molar-refractivity contribution in [1.29, 1.82) is 0 Å². The number of thioether (sulfide) groups is 1. The molecule has 0 spiro atoms. The normalized spacial score (nSPS) is 11.2. The highest BCUT2D eigenvalue weighted by molar-refractivity contribution is 8.00. The predicted octanol–water partition coefficient (Wildman–Crippen LogP) is 2.19. The number of pyridine rings is 1. The van der Waals surface area contributed by atoms with Crippen molar-refractivity contribution < 1.29 is 14.6 Å². The first-order valence-corrected chi connectivity index (χ1v) is 5.81. The van der Waals surface area contributed by atoms with Crippen LogP contribution in [0.2, 0.25) is 0 Å². The molecule has 0 radical (unpaired) electrons. The Balaban J connectivity index is 2.71. The fourth-order valence-electron chi connectivity index (χ4n) is 1.04. The van der Waals surface area contributed by atoms with Crippen molar-refractivity contribution in [2.24, 2.45) is 0 Å². The lowest BCUT2D eigenvalue weighted by molar-refractivity contribution is -0.138. The van der Waals surface area contributed by atoms with Gasteiger partial charge in [0.15, 0.2) is 0 Å². The van der Waals surface area contributed by atoms with Crippen LogP contribution in [0.1, 0.15) is 19.4 Å². The molecule has 1 N–H and O–H groups in total.